The van der Waals surface area contributed by atoms with Crippen LogP contribution in [0.25, 0.3) is 0 Å². The molecule has 0 amide bonds. The van der Waals surface area contributed by atoms with Crippen LogP contribution in [0.5, 0.6) is 11.5 Å². The number of rotatable bonds is 3. The Morgan fingerprint density at radius 3 is 2.63 bits per heavy atom. The van der Waals surface area contributed by atoms with Crippen LogP contribution in [0.1, 0.15) is 5.69 Å². The Labute approximate surface area is 126 Å². The van der Waals surface area contributed by atoms with Gasteiger partial charge in [-0.1, -0.05) is 21.1 Å². The Morgan fingerprint density at radius 1 is 1.26 bits per heavy atom. The molecule has 7 heteroatoms. The lowest BCUT2D eigenvalue weighted by Gasteiger charge is -2.08. The largest absolute Gasteiger partial charge is 0.455 e. The standard InChI is InChI=1S/C12H9Br2N3O2/c13-7-1-4-11(9(14)5-7)19-8-2-3-10(16-6-8)12(15)17-18/h1-6,18H,(H2,15,17). The van der Waals surface area contributed by atoms with Gasteiger partial charge in [0.05, 0.1) is 10.7 Å². The van der Waals surface area contributed by atoms with E-state index in [1.807, 2.05) is 18.2 Å². The summed E-state index contributed by atoms with van der Waals surface area (Å²) in [6.45, 7) is 0. The number of oxime groups is 1. The van der Waals surface area contributed by atoms with Crippen LogP contribution < -0.4 is 10.5 Å². The second kappa shape index (κ2) is 6.03. The molecule has 0 saturated carbocycles. The molecular formula is C12H9Br2N3O2. The van der Waals surface area contributed by atoms with Gasteiger partial charge in [0.25, 0.3) is 0 Å². The van der Waals surface area contributed by atoms with Gasteiger partial charge in [0.15, 0.2) is 5.84 Å². The number of nitrogens with two attached hydrogens (primary N) is 1. The fourth-order valence-corrected chi connectivity index (χ4v) is 2.46. The minimum Gasteiger partial charge on any atom is -0.455 e. The summed E-state index contributed by atoms with van der Waals surface area (Å²) < 4.78 is 7.43. The molecule has 5 nitrogen and oxygen atoms in total. The van der Waals surface area contributed by atoms with Gasteiger partial charge in [-0.2, -0.15) is 0 Å². The number of amidine groups is 1. The van der Waals surface area contributed by atoms with Crippen LogP contribution in [0.3, 0.4) is 0 Å². The van der Waals surface area contributed by atoms with E-state index in [1.165, 1.54) is 6.20 Å². The normalized spacial score (nSPS) is 11.4. The Hall–Kier alpha value is -1.60. The predicted octanol–water partition coefficient (Wildman–Crippen LogP) is 3.49. The van der Waals surface area contributed by atoms with Crippen LogP contribution in [0, 0.1) is 0 Å². The molecule has 0 aliphatic carbocycles. The van der Waals surface area contributed by atoms with Gasteiger partial charge < -0.3 is 15.7 Å². The lowest BCUT2D eigenvalue weighted by molar-refractivity contribution is 0.318. The van der Waals surface area contributed by atoms with Gasteiger partial charge in [0.1, 0.15) is 17.2 Å². The molecule has 0 radical (unpaired) electrons. The highest BCUT2D eigenvalue weighted by Gasteiger charge is 2.05. The molecule has 1 aromatic carbocycles. The Bertz CT molecular complexity index is 615. The molecule has 0 bridgehead atoms. The molecule has 1 aromatic heterocycles. The van der Waals surface area contributed by atoms with Gasteiger partial charge in [-0.25, -0.2) is 4.98 Å². The van der Waals surface area contributed by atoms with Crippen LogP contribution in [0.2, 0.25) is 0 Å². The van der Waals surface area contributed by atoms with Crippen molar-refractivity contribution in [2.45, 2.75) is 0 Å². The van der Waals surface area contributed by atoms with Gasteiger partial charge in [-0.05, 0) is 46.3 Å². The number of pyridine rings is 1. The fourth-order valence-electron chi connectivity index (χ4n) is 1.33. The van der Waals surface area contributed by atoms with Crippen LogP contribution in [0.4, 0.5) is 0 Å². The molecule has 0 spiro atoms. The highest BCUT2D eigenvalue weighted by molar-refractivity contribution is 9.11. The third-order valence-corrected chi connectivity index (χ3v) is 3.34. The zero-order valence-corrected chi connectivity index (χ0v) is 12.7. The molecule has 0 aliphatic rings. The number of hydrogen-bond donors (Lipinski definition) is 2. The Kier molecular flexibility index (Phi) is 4.39. The van der Waals surface area contributed by atoms with Gasteiger partial charge in [-0.3, -0.25) is 0 Å². The van der Waals surface area contributed by atoms with Gasteiger partial charge in [0.2, 0.25) is 0 Å². The van der Waals surface area contributed by atoms with E-state index in [0.29, 0.717) is 17.2 Å². The van der Waals surface area contributed by atoms with E-state index in [-0.39, 0.29) is 5.84 Å². The molecule has 2 aromatic rings. The average Bonchev–Trinajstić information content (AvgIpc) is 2.42. The second-order valence-electron chi connectivity index (χ2n) is 3.54. The highest BCUT2D eigenvalue weighted by Crippen LogP contribution is 2.31. The van der Waals surface area contributed by atoms with Crippen LogP contribution >= 0.6 is 31.9 Å². The van der Waals surface area contributed by atoms with Crippen molar-refractivity contribution in [2.75, 3.05) is 0 Å². The number of nitrogens with zero attached hydrogens (tertiary/aromatic N) is 2. The van der Waals surface area contributed by atoms with Crippen molar-refractivity contribution >= 4 is 37.7 Å². The first-order valence-corrected chi connectivity index (χ1v) is 6.75. The molecule has 0 saturated heterocycles. The first-order chi connectivity index (χ1) is 9.10. The van der Waals surface area contributed by atoms with E-state index in [1.54, 1.807) is 12.1 Å². The van der Waals surface area contributed by atoms with Gasteiger partial charge in [0, 0.05) is 4.47 Å². The van der Waals surface area contributed by atoms with E-state index in [9.17, 15) is 0 Å². The number of aromatic nitrogens is 1. The maximum Gasteiger partial charge on any atom is 0.188 e. The van der Waals surface area contributed by atoms with Crippen LogP contribution in [-0.2, 0) is 0 Å². The van der Waals surface area contributed by atoms with E-state index in [2.05, 4.69) is 42.0 Å². The van der Waals surface area contributed by atoms with Gasteiger partial charge in [-0.15, -0.1) is 0 Å². The summed E-state index contributed by atoms with van der Waals surface area (Å²) in [5.74, 6) is 1.18. The molecular weight excluding hydrogens is 378 g/mol. The molecule has 1 heterocycles. The Morgan fingerprint density at radius 2 is 2.05 bits per heavy atom. The van der Waals surface area contributed by atoms with Crippen molar-refractivity contribution < 1.29 is 9.94 Å². The van der Waals surface area contributed by atoms with Crippen molar-refractivity contribution in [2.24, 2.45) is 10.9 Å². The summed E-state index contributed by atoms with van der Waals surface area (Å²) in [5, 5.41) is 11.4. The highest BCUT2D eigenvalue weighted by atomic mass is 79.9. The maximum atomic E-state index is 8.54. The SMILES string of the molecule is N/C(=N/O)c1ccc(Oc2ccc(Br)cc2Br)cn1. The Balaban J connectivity index is 2.20. The second-order valence-corrected chi connectivity index (χ2v) is 5.31. The first kappa shape index (κ1) is 13.8. The molecule has 3 N–H and O–H groups in total. The van der Waals surface area contributed by atoms with Crippen LogP contribution in [0.15, 0.2) is 50.6 Å². The molecule has 0 fully saturated rings. The van der Waals surface area contributed by atoms with E-state index in [4.69, 9.17) is 15.7 Å². The number of ether oxygens (including phenoxy) is 1. The molecule has 2 rings (SSSR count). The fraction of sp³-hybridized carbons (Fsp3) is 0. The molecule has 19 heavy (non-hydrogen) atoms. The van der Waals surface area contributed by atoms with Gasteiger partial charge >= 0.3 is 0 Å². The van der Waals surface area contributed by atoms with Crippen molar-refractivity contribution in [3.8, 4) is 11.5 Å². The monoisotopic (exact) mass is 385 g/mol. The predicted molar refractivity (Wildman–Crippen MR) is 78.7 cm³/mol. The first-order valence-electron chi connectivity index (χ1n) is 5.17. The summed E-state index contributed by atoms with van der Waals surface area (Å²) in [6.07, 6.45) is 1.50. The number of halogens is 2. The van der Waals surface area contributed by atoms with Crippen molar-refractivity contribution in [3.05, 3.63) is 51.2 Å². The summed E-state index contributed by atoms with van der Waals surface area (Å²) in [5.41, 5.74) is 5.80. The maximum absolute atomic E-state index is 8.54. The zero-order chi connectivity index (χ0) is 13.8. The molecule has 0 atom stereocenters. The minimum atomic E-state index is -0.0450. The van der Waals surface area contributed by atoms with Crippen molar-refractivity contribution in [3.63, 3.8) is 0 Å². The third kappa shape index (κ3) is 3.45. The minimum absolute atomic E-state index is 0.0450. The zero-order valence-electron chi connectivity index (χ0n) is 9.55. The van der Waals surface area contributed by atoms with Crippen molar-refractivity contribution in [1.29, 1.82) is 0 Å². The van der Waals surface area contributed by atoms with E-state index < -0.39 is 0 Å². The average molecular weight is 387 g/mol. The lowest BCUT2D eigenvalue weighted by atomic mass is 10.3. The summed E-state index contributed by atoms with van der Waals surface area (Å²) in [7, 11) is 0. The quantitative estimate of drug-likeness (QED) is 0.366. The number of hydrogen-bond acceptors (Lipinski definition) is 4. The smallest absolute Gasteiger partial charge is 0.188 e. The molecule has 98 valence electrons. The summed E-state index contributed by atoms with van der Waals surface area (Å²) >= 11 is 6.77. The van der Waals surface area contributed by atoms with Crippen molar-refractivity contribution in [1.82, 2.24) is 4.98 Å². The van der Waals surface area contributed by atoms with Crippen LogP contribution in [-0.4, -0.2) is 16.0 Å². The van der Waals surface area contributed by atoms with E-state index >= 15 is 0 Å². The summed E-state index contributed by atoms with van der Waals surface area (Å²) in [4.78, 5) is 4.03. The topological polar surface area (TPSA) is 80.7 Å². The molecule has 0 aliphatic heterocycles. The molecule has 0 unspecified atom stereocenters. The third-order valence-electron chi connectivity index (χ3n) is 2.23. The lowest BCUT2D eigenvalue weighted by Crippen LogP contribution is -2.14. The van der Waals surface area contributed by atoms with E-state index in [0.717, 1.165) is 8.95 Å². The number of benzene rings is 1. The summed E-state index contributed by atoms with van der Waals surface area (Å²) in [6, 6.07) is 8.88.